The first-order valence-electron chi connectivity index (χ1n) is 4.26. The Morgan fingerprint density at radius 3 is 2.36 bits per heavy atom. The van der Waals surface area contributed by atoms with Crippen LogP contribution in [0.15, 0.2) is 0 Å². The van der Waals surface area contributed by atoms with Gasteiger partial charge in [0.05, 0.1) is 11.5 Å². The molecule has 6 nitrogen and oxygen atoms in total. The van der Waals surface area contributed by atoms with Crippen molar-refractivity contribution in [1.82, 2.24) is 4.31 Å². The van der Waals surface area contributed by atoms with Gasteiger partial charge in [-0.3, -0.25) is 0 Å². The quantitative estimate of drug-likeness (QED) is 0.665. The van der Waals surface area contributed by atoms with Crippen LogP contribution in [0.2, 0.25) is 0 Å². The molecule has 1 fully saturated rings. The van der Waals surface area contributed by atoms with Gasteiger partial charge in [0.15, 0.2) is 9.84 Å². The minimum absolute atomic E-state index is 0.0453. The Labute approximate surface area is 84.2 Å². The standard InChI is InChI=1S/C6H14N2O4S2/c1-2-8(14(7,11)12)6-3-4-13(9,10)5-6/h6H,2-5H2,1H3,(H2,7,11,12). The molecule has 1 unspecified atom stereocenters. The first-order valence-corrected chi connectivity index (χ1v) is 7.58. The van der Waals surface area contributed by atoms with Gasteiger partial charge in [0.1, 0.15) is 0 Å². The molecular weight excluding hydrogens is 228 g/mol. The van der Waals surface area contributed by atoms with Crippen LogP contribution in [0.25, 0.3) is 0 Å². The molecule has 0 bridgehead atoms. The summed E-state index contributed by atoms with van der Waals surface area (Å²) in [5.74, 6) is -0.0685. The smallest absolute Gasteiger partial charge is 0.229 e. The number of hydrogen-bond donors (Lipinski definition) is 1. The zero-order valence-electron chi connectivity index (χ0n) is 7.88. The largest absolute Gasteiger partial charge is 0.277 e. The molecule has 0 aromatic heterocycles. The van der Waals surface area contributed by atoms with Crippen LogP contribution in [0, 0.1) is 0 Å². The van der Waals surface area contributed by atoms with E-state index < -0.39 is 26.1 Å². The summed E-state index contributed by atoms with van der Waals surface area (Å²) in [6.45, 7) is 1.84. The highest BCUT2D eigenvalue weighted by atomic mass is 32.2. The normalized spacial score (nSPS) is 26.9. The van der Waals surface area contributed by atoms with Crippen LogP contribution in [-0.4, -0.2) is 45.2 Å². The number of sulfone groups is 1. The van der Waals surface area contributed by atoms with Gasteiger partial charge in [-0.2, -0.15) is 12.7 Å². The van der Waals surface area contributed by atoms with Gasteiger partial charge in [-0.25, -0.2) is 13.6 Å². The molecular formula is C6H14N2O4S2. The van der Waals surface area contributed by atoms with E-state index >= 15 is 0 Å². The molecule has 1 saturated heterocycles. The Bertz CT molecular complexity index is 400. The Kier molecular flexibility index (Phi) is 3.20. The monoisotopic (exact) mass is 242 g/mol. The van der Waals surface area contributed by atoms with Gasteiger partial charge in [0, 0.05) is 12.6 Å². The predicted octanol–water partition coefficient (Wildman–Crippen LogP) is -1.30. The summed E-state index contributed by atoms with van der Waals surface area (Å²) in [4.78, 5) is 0. The van der Waals surface area contributed by atoms with Crippen LogP contribution in [0.5, 0.6) is 0 Å². The molecule has 1 aliphatic rings. The van der Waals surface area contributed by atoms with Crippen LogP contribution < -0.4 is 5.14 Å². The SMILES string of the molecule is CCN(C1CCS(=O)(=O)C1)S(N)(=O)=O. The van der Waals surface area contributed by atoms with Crippen molar-refractivity contribution in [2.45, 2.75) is 19.4 Å². The zero-order chi connectivity index (χ0) is 11.0. The average molecular weight is 242 g/mol. The number of nitrogens with zero attached hydrogens (tertiary/aromatic N) is 1. The van der Waals surface area contributed by atoms with Crippen LogP contribution in [0.1, 0.15) is 13.3 Å². The van der Waals surface area contributed by atoms with Crippen molar-refractivity contribution in [2.24, 2.45) is 5.14 Å². The van der Waals surface area contributed by atoms with E-state index in [4.69, 9.17) is 5.14 Å². The van der Waals surface area contributed by atoms with Crippen molar-refractivity contribution in [3.63, 3.8) is 0 Å². The first kappa shape index (κ1) is 11.9. The number of hydrogen-bond acceptors (Lipinski definition) is 4. The van der Waals surface area contributed by atoms with Gasteiger partial charge in [0.25, 0.3) is 10.2 Å². The molecule has 84 valence electrons. The number of nitrogens with two attached hydrogens (primary N) is 1. The van der Waals surface area contributed by atoms with Crippen LogP contribution in [-0.2, 0) is 20.0 Å². The highest BCUT2D eigenvalue weighted by Crippen LogP contribution is 2.18. The first-order chi connectivity index (χ1) is 6.26. The fourth-order valence-electron chi connectivity index (χ4n) is 1.65. The molecule has 8 heteroatoms. The second-order valence-electron chi connectivity index (χ2n) is 3.31. The highest BCUT2D eigenvalue weighted by molar-refractivity contribution is 7.91. The van der Waals surface area contributed by atoms with Gasteiger partial charge < -0.3 is 0 Å². The molecule has 1 aliphatic heterocycles. The van der Waals surface area contributed by atoms with Crippen molar-refractivity contribution in [2.75, 3.05) is 18.1 Å². The molecule has 0 radical (unpaired) electrons. The maximum atomic E-state index is 11.1. The summed E-state index contributed by atoms with van der Waals surface area (Å²) < 4.78 is 45.4. The molecule has 1 rings (SSSR count). The Morgan fingerprint density at radius 2 is 2.07 bits per heavy atom. The molecule has 0 aliphatic carbocycles. The molecule has 2 N–H and O–H groups in total. The summed E-state index contributed by atoms with van der Waals surface area (Å²) in [6.07, 6.45) is 0.340. The molecule has 0 aromatic carbocycles. The lowest BCUT2D eigenvalue weighted by Crippen LogP contribution is -2.44. The van der Waals surface area contributed by atoms with E-state index in [1.165, 1.54) is 0 Å². The topological polar surface area (TPSA) is 97.5 Å². The summed E-state index contributed by atoms with van der Waals surface area (Å²) in [7, 11) is -6.85. The third-order valence-electron chi connectivity index (χ3n) is 2.25. The third kappa shape index (κ3) is 2.66. The highest BCUT2D eigenvalue weighted by Gasteiger charge is 2.35. The van der Waals surface area contributed by atoms with Crippen molar-refractivity contribution in [1.29, 1.82) is 0 Å². The van der Waals surface area contributed by atoms with E-state index in [-0.39, 0.29) is 18.1 Å². The molecule has 0 spiro atoms. The van der Waals surface area contributed by atoms with Gasteiger partial charge >= 0.3 is 0 Å². The molecule has 0 saturated carbocycles. The van der Waals surface area contributed by atoms with Crippen molar-refractivity contribution < 1.29 is 16.8 Å². The van der Waals surface area contributed by atoms with Crippen molar-refractivity contribution >= 4 is 20.0 Å². The summed E-state index contributed by atoms with van der Waals surface area (Å²) in [6, 6.07) is -0.486. The number of rotatable bonds is 3. The summed E-state index contributed by atoms with van der Waals surface area (Å²) in [5, 5.41) is 4.96. The third-order valence-corrected chi connectivity index (χ3v) is 5.21. The average Bonchev–Trinajstić information content (AvgIpc) is 2.29. The van der Waals surface area contributed by atoms with Crippen molar-refractivity contribution in [3.8, 4) is 0 Å². The molecule has 1 atom stereocenters. The van der Waals surface area contributed by atoms with E-state index in [1.54, 1.807) is 6.92 Å². The van der Waals surface area contributed by atoms with Crippen molar-refractivity contribution in [3.05, 3.63) is 0 Å². The maximum Gasteiger partial charge on any atom is 0.277 e. The van der Waals surface area contributed by atoms with E-state index in [2.05, 4.69) is 0 Å². The maximum absolute atomic E-state index is 11.1. The lowest BCUT2D eigenvalue weighted by molar-refractivity contribution is 0.355. The van der Waals surface area contributed by atoms with Gasteiger partial charge in [0.2, 0.25) is 0 Å². The van der Waals surface area contributed by atoms with Crippen LogP contribution >= 0.6 is 0 Å². The summed E-state index contributed by atoms with van der Waals surface area (Å²) in [5.41, 5.74) is 0. The second kappa shape index (κ2) is 3.76. The fraction of sp³-hybridized carbons (Fsp3) is 1.00. The zero-order valence-corrected chi connectivity index (χ0v) is 9.51. The fourth-order valence-corrected chi connectivity index (χ4v) is 4.43. The Hall–Kier alpha value is -0.180. The Morgan fingerprint density at radius 1 is 1.50 bits per heavy atom. The lowest BCUT2D eigenvalue weighted by atomic mass is 10.3. The molecule has 0 amide bonds. The molecule has 0 aromatic rings. The van der Waals surface area contributed by atoms with E-state index in [1.807, 2.05) is 0 Å². The van der Waals surface area contributed by atoms with E-state index in [9.17, 15) is 16.8 Å². The van der Waals surface area contributed by atoms with Gasteiger partial charge in [-0.05, 0) is 6.42 Å². The van der Waals surface area contributed by atoms with Gasteiger partial charge in [-0.15, -0.1) is 0 Å². The second-order valence-corrected chi connectivity index (χ2v) is 7.03. The van der Waals surface area contributed by atoms with E-state index in [0.29, 0.717) is 6.42 Å². The predicted molar refractivity (Wildman–Crippen MR) is 52.5 cm³/mol. The lowest BCUT2D eigenvalue weighted by Gasteiger charge is -2.22. The van der Waals surface area contributed by atoms with Crippen LogP contribution in [0.3, 0.4) is 0 Å². The van der Waals surface area contributed by atoms with Gasteiger partial charge in [-0.1, -0.05) is 6.92 Å². The summed E-state index contributed by atoms with van der Waals surface area (Å²) >= 11 is 0. The molecule has 1 heterocycles. The van der Waals surface area contributed by atoms with E-state index in [0.717, 1.165) is 4.31 Å². The Balaban J connectivity index is 2.85. The minimum atomic E-state index is -3.78. The van der Waals surface area contributed by atoms with Crippen LogP contribution in [0.4, 0.5) is 0 Å². The molecule has 14 heavy (non-hydrogen) atoms. The minimum Gasteiger partial charge on any atom is -0.229 e.